The molecule has 4 atom stereocenters. The Balaban J connectivity index is 2.46. The van der Waals surface area contributed by atoms with Crippen LogP contribution in [0.1, 0.15) is 32.5 Å². The van der Waals surface area contributed by atoms with Gasteiger partial charge in [0.15, 0.2) is 0 Å². The van der Waals surface area contributed by atoms with Crippen LogP contribution in [-0.4, -0.2) is 49.1 Å². The molecule has 120 valence electrons. The Morgan fingerprint density at radius 1 is 1.29 bits per heavy atom. The Labute approximate surface area is 124 Å². The molecule has 2 N–H and O–H groups in total. The van der Waals surface area contributed by atoms with E-state index in [-0.39, 0.29) is 29.2 Å². The van der Waals surface area contributed by atoms with Gasteiger partial charge in [0.2, 0.25) is 0 Å². The van der Waals surface area contributed by atoms with Crippen molar-refractivity contribution in [2.45, 2.75) is 50.6 Å². The summed E-state index contributed by atoms with van der Waals surface area (Å²) in [6.45, 7) is 6.69. The normalized spacial score (nSPS) is 30.0. The van der Waals surface area contributed by atoms with Crippen LogP contribution in [0.3, 0.4) is 0 Å². The van der Waals surface area contributed by atoms with Gasteiger partial charge in [0.1, 0.15) is 5.82 Å². The van der Waals surface area contributed by atoms with Gasteiger partial charge in [-0.05, 0) is 19.8 Å². The molecular formula is C12H22N4O4S. The highest BCUT2D eigenvalue weighted by molar-refractivity contribution is 7.89. The fourth-order valence-corrected chi connectivity index (χ4v) is 3.51. The minimum Gasteiger partial charge on any atom is -0.383 e. The Morgan fingerprint density at radius 2 is 1.95 bits per heavy atom. The summed E-state index contributed by atoms with van der Waals surface area (Å²) < 4.78 is 35.7. The minimum atomic E-state index is -3.93. The molecule has 0 radical (unpaired) electrons. The predicted molar refractivity (Wildman–Crippen MR) is 75.2 cm³/mol. The second-order valence-corrected chi connectivity index (χ2v) is 6.92. The van der Waals surface area contributed by atoms with Crippen molar-refractivity contribution in [1.82, 2.24) is 14.8 Å². The summed E-state index contributed by atoms with van der Waals surface area (Å²) in [5, 5.41) is 12.8. The monoisotopic (exact) mass is 318 g/mol. The van der Waals surface area contributed by atoms with Crippen LogP contribution in [-0.2, 0) is 26.0 Å². The van der Waals surface area contributed by atoms with Crippen LogP contribution in [0.4, 0.5) is 0 Å². The van der Waals surface area contributed by atoms with Crippen LogP contribution in [0.15, 0.2) is 5.16 Å². The topological polar surface area (TPSA) is 109 Å². The van der Waals surface area contributed by atoms with Crippen molar-refractivity contribution in [3.8, 4) is 0 Å². The van der Waals surface area contributed by atoms with Gasteiger partial charge in [-0.3, -0.25) is 4.57 Å². The molecule has 8 nitrogen and oxygen atoms in total. The van der Waals surface area contributed by atoms with Gasteiger partial charge in [0, 0.05) is 13.7 Å². The lowest BCUT2D eigenvalue weighted by molar-refractivity contribution is 0.0550. The maximum Gasteiger partial charge on any atom is 0.273 e. The SMILES string of the molecule is COCCn1c(C2C(C)OC(C)C2C)nnc1S(N)(=O)=O. The Bertz CT molecular complexity index is 600. The molecule has 0 saturated carbocycles. The van der Waals surface area contributed by atoms with Crippen LogP contribution in [0.5, 0.6) is 0 Å². The number of hydrogen-bond donors (Lipinski definition) is 1. The number of methoxy groups -OCH3 is 1. The van der Waals surface area contributed by atoms with Crippen LogP contribution in [0, 0.1) is 5.92 Å². The van der Waals surface area contributed by atoms with Gasteiger partial charge in [0.05, 0.1) is 24.7 Å². The van der Waals surface area contributed by atoms with Crippen molar-refractivity contribution >= 4 is 10.0 Å². The molecular weight excluding hydrogens is 296 g/mol. The van der Waals surface area contributed by atoms with Crippen molar-refractivity contribution in [3.63, 3.8) is 0 Å². The highest BCUT2D eigenvalue weighted by Crippen LogP contribution is 2.39. The first-order chi connectivity index (χ1) is 9.77. The van der Waals surface area contributed by atoms with E-state index in [9.17, 15) is 8.42 Å². The molecule has 21 heavy (non-hydrogen) atoms. The second kappa shape index (κ2) is 5.99. The average Bonchev–Trinajstić information content (AvgIpc) is 2.89. The third-order valence-electron chi connectivity index (χ3n) is 4.06. The molecule has 1 fully saturated rings. The number of ether oxygens (including phenoxy) is 2. The van der Waals surface area contributed by atoms with Gasteiger partial charge in [-0.2, -0.15) is 0 Å². The Kier molecular flexibility index (Phi) is 4.66. The molecule has 1 aliphatic rings. The number of rotatable bonds is 5. The zero-order chi connectivity index (χ0) is 15.8. The molecule has 0 spiro atoms. The second-order valence-electron chi connectivity index (χ2n) is 5.46. The molecule has 0 aliphatic carbocycles. The number of sulfonamides is 1. The lowest BCUT2D eigenvalue weighted by Gasteiger charge is -2.19. The summed E-state index contributed by atoms with van der Waals surface area (Å²) in [6, 6.07) is 0. The van der Waals surface area contributed by atoms with E-state index in [0.717, 1.165) is 0 Å². The largest absolute Gasteiger partial charge is 0.383 e. The van der Waals surface area contributed by atoms with E-state index < -0.39 is 10.0 Å². The lowest BCUT2D eigenvalue weighted by atomic mass is 9.89. The molecule has 1 aromatic rings. The fraction of sp³-hybridized carbons (Fsp3) is 0.833. The molecule has 1 aliphatic heterocycles. The number of hydrogen-bond acceptors (Lipinski definition) is 6. The minimum absolute atomic E-state index is 0.0279. The van der Waals surface area contributed by atoms with E-state index >= 15 is 0 Å². The summed E-state index contributed by atoms with van der Waals surface area (Å²) >= 11 is 0. The van der Waals surface area contributed by atoms with E-state index in [4.69, 9.17) is 14.6 Å². The summed E-state index contributed by atoms with van der Waals surface area (Å²) in [6.07, 6.45) is 0.0179. The molecule has 2 rings (SSSR count). The number of nitrogens with zero attached hydrogens (tertiary/aromatic N) is 3. The fourth-order valence-electron chi connectivity index (χ4n) is 2.86. The number of primary sulfonamides is 1. The van der Waals surface area contributed by atoms with Crippen LogP contribution in [0.2, 0.25) is 0 Å². The summed E-state index contributed by atoms with van der Waals surface area (Å²) in [7, 11) is -2.38. The van der Waals surface area contributed by atoms with Crippen LogP contribution < -0.4 is 5.14 Å². The lowest BCUT2D eigenvalue weighted by Crippen LogP contribution is -2.24. The van der Waals surface area contributed by atoms with E-state index in [1.54, 1.807) is 7.11 Å². The summed E-state index contributed by atoms with van der Waals surface area (Å²) in [5.41, 5.74) is 0. The third-order valence-corrected chi connectivity index (χ3v) is 4.87. The van der Waals surface area contributed by atoms with E-state index in [1.165, 1.54) is 4.57 Å². The average molecular weight is 318 g/mol. The first-order valence-electron chi connectivity index (χ1n) is 6.87. The molecule has 1 saturated heterocycles. The van der Waals surface area contributed by atoms with E-state index in [1.807, 2.05) is 13.8 Å². The standard InChI is InChI=1S/C12H22N4O4S/c1-7-8(2)20-9(3)10(7)11-14-15-12(21(13,17)18)16(11)5-6-19-4/h7-10H,5-6H2,1-4H3,(H2,13,17,18). The molecule has 4 unspecified atom stereocenters. The zero-order valence-corrected chi connectivity index (χ0v) is 13.5. The number of nitrogens with two attached hydrogens (primary N) is 1. The van der Waals surface area contributed by atoms with Crippen molar-refractivity contribution < 1.29 is 17.9 Å². The smallest absolute Gasteiger partial charge is 0.273 e. The Morgan fingerprint density at radius 3 is 2.43 bits per heavy atom. The Hall–Kier alpha value is -1.03. The predicted octanol–water partition coefficient (Wildman–Crippen LogP) is 0.0988. The zero-order valence-electron chi connectivity index (χ0n) is 12.7. The maximum absolute atomic E-state index is 11.7. The van der Waals surface area contributed by atoms with Crippen molar-refractivity contribution in [3.05, 3.63) is 5.82 Å². The van der Waals surface area contributed by atoms with Gasteiger partial charge in [-0.15, -0.1) is 10.2 Å². The molecule has 0 bridgehead atoms. The molecule has 2 heterocycles. The van der Waals surface area contributed by atoms with Crippen LogP contribution >= 0.6 is 0 Å². The molecule has 1 aromatic heterocycles. The van der Waals surface area contributed by atoms with Gasteiger partial charge in [-0.1, -0.05) is 6.92 Å². The van der Waals surface area contributed by atoms with E-state index in [0.29, 0.717) is 19.0 Å². The number of aromatic nitrogens is 3. The van der Waals surface area contributed by atoms with Crippen molar-refractivity contribution in [2.24, 2.45) is 11.1 Å². The summed E-state index contributed by atoms with van der Waals surface area (Å²) in [5.74, 6) is 0.763. The van der Waals surface area contributed by atoms with E-state index in [2.05, 4.69) is 17.1 Å². The molecule has 0 amide bonds. The van der Waals surface area contributed by atoms with Crippen molar-refractivity contribution in [1.29, 1.82) is 0 Å². The highest BCUT2D eigenvalue weighted by Gasteiger charge is 2.41. The van der Waals surface area contributed by atoms with Crippen molar-refractivity contribution in [2.75, 3.05) is 13.7 Å². The van der Waals surface area contributed by atoms with Gasteiger partial charge < -0.3 is 9.47 Å². The molecule has 9 heteroatoms. The quantitative estimate of drug-likeness (QED) is 0.824. The van der Waals surface area contributed by atoms with Gasteiger partial charge >= 0.3 is 0 Å². The van der Waals surface area contributed by atoms with Gasteiger partial charge in [-0.25, -0.2) is 13.6 Å². The van der Waals surface area contributed by atoms with Gasteiger partial charge in [0.25, 0.3) is 15.2 Å². The first-order valence-corrected chi connectivity index (χ1v) is 8.42. The third kappa shape index (κ3) is 3.10. The first kappa shape index (κ1) is 16.3. The maximum atomic E-state index is 11.7. The van der Waals surface area contributed by atoms with Crippen LogP contribution in [0.25, 0.3) is 0 Å². The molecule has 0 aromatic carbocycles. The highest BCUT2D eigenvalue weighted by atomic mass is 32.2. The summed E-state index contributed by atoms with van der Waals surface area (Å²) in [4.78, 5) is 0.